The van der Waals surface area contributed by atoms with Gasteiger partial charge in [-0.3, -0.25) is 0 Å². The van der Waals surface area contributed by atoms with Crippen molar-refractivity contribution >= 4 is 11.6 Å². The van der Waals surface area contributed by atoms with Gasteiger partial charge >= 0.3 is 0 Å². The lowest BCUT2D eigenvalue weighted by atomic mass is 10.2. The third kappa shape index (κ3) is 3.91. The predicted octanol–water partition coefficient (Wildman–Crippen LogP) is 2.85. The summed E-state index contributed by atoms with van der Waals surface area (Å²) in [6.45, 7) is 1.33. The Hall–Kier alpha value is -0.930. The van der Waals surface area contributed by atoms with E-state index in [1.807, 2.05) is 18.2 Å². The van der Waals surface area contributed by atoms with Gasteiger partial charge in [0.1, 0.15) is 11.5 Å². The topological polar surface area (TPSA) is 27.7 Å². The number of methoxy groups -OCH3 is 2. The van der Waals surface area contributed by atoms with E-state index in [4.69, 9.17) is 25.8 Å². The van der Waals surface area contributed by atoms with Crippen molar-refractivity contribution in [3.63, 3.8) is 0 Å². The van der Waals surface area contributed by atoms with Crippen LogP contribution in [0.25, 0.3) is 0 Å². The van der Waals surface area contributed by atoms with Crippen LogP contribution in [0.3, 0.4) is 0 Å². The Morgan fingerprint density at radius 2 is 2.00 bits per heavy atom. The first kappa shape index (κ1) is 13.1. The summed E-state index contributed by atoms with van der Waals surface area (Å²) in [5.74, 6) is 2.02. The lowest BCUT2D eigenvalue weighted by Crippen LogP contribution is -2.03. The normalized spacial score (nSPS) is 10.2. The number of halogens is 1. The summed E-state index contributed by atoms with van der Waals surface area (Å²) in [6, 6.07) is 5.63. The van der Waals surface area contributed by atoms with E-state index >= 15 is 0 Å². The maximum Gasteiger partial charge on any atom is 0.123 e. The number of ether oxygens (including phenoxy) is 3. The van der Waals surface area contributed by atoms with E-state index in [0.29, 0.717) is 19.1 Å². The largest absolute Gasteiger partial charge is 0.497 e. The van der Waals surface area contributed by atoms with Crippen LogP contribution < -0.4 is 9.47 Å². The first-order chi connectivity index (χ1) is 7.81. The third-order valence-corrected chi connectivity index (χ3v) is 2.45. The minimum absolute atomic E-state index is 0.414. The summed E-state index contributed by atoms with van der Waals surface area (Å²) < 4.78 is 15.7. The van der Waals surface area contributed by atoms with E-state index in [1.54, 1.807) is 14.2 Å². The zero-order valence-electron chi connectivity index (χ0n) is 9.66. The van der Waals surface area contributed by atoms with Crippen LogP contribution in [0.15, 0.2) is 18.2 Å². The Bertz CT molecular complexity index is 315. The first-order valence-electron chi connectivity index (χ1n) is 5.16. The second-order valence-corrected chi connectivity index (χ2v) is 3.57. The fourth-order valence-electron chi connectivity index (χ4n) is 1.31. The quantitative estimate of drug-likeness (QED) is 0.545. The smallest absolute Gasteiger partial charge is 0.123 e. The molecule has 0 N–H and O–H groups in total. The molecule has 0 aliphatic rings. The standard InChI is InChI=1S/C12H17ClO3/c1-14-6-3-7-16-12-5-4-11(15-2)8-10(12)9-13/h4-5,8H,3,6-7,9H2,1-2H3. The predicted molar refractivity (Wildman–Crippen MR) is 64.5 cm³/mol. The molecule has 0 spiro atoms. The molecule has 0 bridgehead atoms. The molecule has 0 aromatic heterocycles. The van der Waals surface area contributed by atoms with Crippen molar-refractivity contribution < 1.29 is 14.2 Å². The van der Waals surface area contributed by atoms with Gasteiger partial charge in [-0.2, -0.15) is 0 Å². The molecular weight excluding hydrogens is 228 g/mol. The van der Waals surface area contributed by atoms with Gasteiger partial charge in [0.25, 0.3) is 0 Å². The summed E-state index contributed by atoms with van der Waals surface area (Å²) in [6.07, 6.45) is 0.865. The van der Waals surface area contributed by atoms with Crippen molar-refractivity contribution in [2.24, 2.45) is 0 Å². The van der Waals surface area contributed by atoms with E-state index in [1.165, 1.54) is 0 Å². The zero-order chi connectivity index (χ0) is 11.8. The molecule has 90 valence electrons. The van der Waals surface area contributed by atoms with E-state index in [-0.39, 0.29) is 0 Å². The Balaban J connectivity index is 2.57. The maximum atomic E-state index is 5.84. The summed E-state index contributed by atoms with van der Waals surface area (Å²) in [5, 5.41) is 0. The summed E-state index contributed by atoms with van der Waals surface area (Å²) >= 11 is 5.84. The number of hydrogen-bond acceptors (Lipinski definition) is 3. The summed E-state index contributed by atoms with van der Waals surface area (Å²) in [5.41, 5.74) is 0.943. The fourth-order valence-corrected chi connectivity index (χ4v) is 1.52. The van der Waals surface area contributed by atoms with Crippen LogP contribution in [0.4, 0.5) is 0 Å². The highest BCUT2D eigenvalue weighted by molar-refractivity contribution is 6.17. The second-order valence-electron chi connectivity index (χ2n) is 3.30. The van der Waals surface area contributed by atoms with Crippen LogP contribution in [-0.4, -0.2) is 27.4 Å². The molecule has 0 amide bonds. The average molecular weight is 245 g/mol. The molecule has 0 aliphatic heterocycles. The molecule has 0 saturated carbocycles. The van der Waals surface area contributed by atoms with Crippen molar-refractivity contribution in [2.75, 3.05) is 27.4 Å². The number of alkyl halides is 1. The first-order valence-corrected chi connectivity index (χ1v) is 5.70. The van der Waals surface area contributed by atoms with Crippen molar-refractivity contribution in [2.45, 2.75) is 12.3 Å². The van der Waals surface area contributed by atoms with Crippen LogP contribution in [0.5, 0.6) is 11.5 Å². The Labute approximate surface area is 101 Å². The van der Waals surface area contributed by atoms with Gasteiger partial charge in [-0.1, -0.05) is 0 Å². The molecule has 1 rings (SSSR count). The summed E-state index contributed by atoms with van der Waals surface area (Å²) in [7, 11) is 3.31. The highest BCUT2D eigenvalue weighted by Crippen LogP contribution is 2.25. The number of rotatable bonds is 7. The number of benzene rings is 1. The van der Waals surface area contributed by atoms with Crippen molar-refractivity contribution in [1.82, 2.24) is 0 Å². The molecule has 0 fully saturated rings. The van der Waals surface area contributed by atoms with Crippen LogP contribution >= 0.6 is 11.6 Å². The molecule has 4 heteroatoms. The van der Waals surface area contributed by atoms with Gasteiger partial charge in [0.2, 0.25) is 0 Å². The monoisotopic (exact) mass is 244 g/mol. The SMILES string of the molecule is COCCCOc1ccc(OC)cc1CCl. The Kier molecular flexibility index (Phi) is 6.04. The molecule has 0 heterocycles. The fraction of sp³-hybridized carbons (Fsp3) is 0.500. The molecule has 1 aromatic carbocycles. The molecule has 0 aliphatic carbocycles. The van der Waals surface area contributed by atoms with Crippen LogP contribution in [0.1, 0.15) is 12.0 Å². The van der Waals surface area contributed by atoms with Gasteiger partial charge in [-0.05, 0) is 18.2 Å². The third-order valence-electron chi connectivity index (χ3n) is 2.16. The highest BCUT2D eigenvalue weighted by atomic mass is 35.5. The molecule has 0 unspecified atom stereocenters. The van der Waals surface area contributed by atoms with Crippen molar-refractivity contribution in [3.05, 3.63) is 23.8 Å². The van der Waals surface area contributed by atoms with Crippen molar-refractivity contribution in [1.29, 1.82) is 0 Å². The van der Waals surface area contributed by atoms with E-state index < -0.39 is 0 Å². The average Bonchev–Trinajstić information content (AvgIpc) is 2.34. The van der Waals surface area contributed by atoms with Crippen LogP contribution in [0.2, 0.25) is 0 Å². The van der Waals surface area contributed by atoms with Gasteiger partial charge in [-0.15, -0.1) is 11.6 Å². The molecule has 1 aromatic rings. The van der Waals surface area contributed by atoms with E-state index in [0.717, 1.165) is 23.5 Å². The Morgan fingerprint density at radius 1 is 1.19 bits per heavy atom. The molecule has 16 heavy (non-hydrogen) atoms. The second kappa shape index (κ2) is 7.36. The van der Waals surface area contributed by atoms with Crippen LogP contribution in [-0.2, 0) is 10.6 Å². The molecule has 0 atom stereocenters. The van der Waals surface area contributed by atoms with Gasteiger partial charge < -0.3 is 14.2 Å². The number of hydrogen-bond donors (Lipinski definition) is 0. The molecule has 0 radical (unpaired) electrons. The van der Waals surface area contributed by atoms with Crippen molar-refractivity contribution in [3.8, 4) is 11.5 Å². The minimum Gasteiger partial charge on any atom is -0.497 e. The maximum absolute atomic E-state index is 5.84. The molecular formula is C12H17ClO3. The van der Waals surface area contributed by atoms with Gasteiger partial charge in [0.05, 0.1) is 19.6 Å². The van der Waals surface area contributed by atoms with Gasteiger partial charge in [0, 0.05) is 25.7 Å². The van der Waals surface area contributed by atoms with Gasteiger partial charge in [0.15, 0.2) is 0 Å². The lowest BCUT2D eigenvalue weighted by molar-refractivity contribution is 0.172. The lowest BCUT2D eigenvalue weighted by Gasteiger charge is -2.11. The van der Waals surface area contributed by atoms with Gasteiger partial charge in [-0.25, -0.2) is 0 Å². The Morgan fingerprint density at radius 3 is 2.62 bits per heavy atom. The highest BCUT2D eigenvalue weighted by Gasteiger charge is 2.04. The van der Waals surface area contributed by atoms with E-state index in [2.05, 4.69) is 0 Å². The van der Waals surface area contributed by atoms with E-state index in [9.17, 15) is 0 Å². The zero-order valence-corrected chi connectivity index (χ0v) is 10.4. The minimum atomic E-state index is 0.414. The summed E-state index contributed by atoms with van der Waals surface area (Å²) in [4.78, 5) is 0. The molecule has 0 saturated heterocycles. The van der Waals surface area contributed by atoms with Crippen LogP contribution in [0, 0.1) is 0 Å². The molecule has 3 nitrogen and oxygen atoms in total.